The third-order valence-electron chi connectivity index (χ3n) is 8.86. The molecule has 2 saturated heterocycles. The first-order valence-corrected chi connectivity index (χ1v) is 23.7. The molecule has 1 aromatic heterocycles. The zero-order valence-corrected chi connectivity index (χ0v) is 42.2. The SMILES string of the molecule is Cc1cccc(C)c1/C=C(\S)C(=O)O.Cc1cccc(C)c1/C=C1\SC(=S)NC1=O.Cc1cccc(C)c1C=O.Cc1cccc2sc(C(=O)O)cc12.O=C(O)CS.O=C1CSC(=S)N1. The van der Waals surface area contributed by atoms with E-state index in [1.54, 1.807) is 12.1 Å². The third kappa shape index (κ3) is 19.1. The average molecular weight is 1010 g/mol. The van der Waals surface area contributed by atoms with Crippen LogP contribution in [0.4, 0.5) is 0 Å². The fourth-order valence-electron chi connectivity index (χ4n) is 5.50. The molecule has 0 bridgehead atoms. The second-order valence-corrected chi connectivity index (χ2v) is 19.1. The van der Waals surface area contributed by atoms with Crippen LogP contribution in [-0.4, -0.2) is 71.5 Å². The Morgan fingerprint density at radius 3 is 1.51 bits per heavy atom. The number of hydrogen-bond acceptors (Lipinski definition) is 13. The first kappa shape index (κ1) is 56.1. The van der Waals surface area contributed by atoms with Crippen molar-refractivity contribution in [2.24, 2.45) is 0 Å². The summed E-state index contributed by atoms with van der Waals surface area (Å²) >= 11 is 20.9. The van der Waals surface area contributed by atoms with Gasteiger partial charge in [-0.3, -0.25) is 19.2 Å². The van der Waals surface area contributed by atoms with Gasteiger partial charge in [0.1, 0.15) is 13.5 Å². The number of rotatable bonds is 6. The van der Waals surface area contributed by atoms with Gasteiger partial charge < -0.3 is 26.0 Å². The van der Waals surface area contributed by atoms with E-state index in [2.05, 4.69) is 48.1 Å². The lowest BCUT2D eigenvalue weighted by Crippen LogP contribution is -2.18. The summed E-state index contributed by atoms with van der Waals surface area (Å²) in [7, 11) is 0. The lowest BCUT2D eigenvalue weighted by atomic mass is 10.0. The maximum atomic E-state index is 11.5. The first-order valence-electron chi connectivity index (χ1n) is 19.1. The minimum atomic E-state index is -1.00. The number of carbonyl (C=O) groups is 6. The van der Waals surface area contributed by atoms with Crippen molar-refractivity contribution in [3.05, 3.63) is 149 Å². The van der Waals surface area contributed by atoms with Crippen molar-refractivity contribution in [2.75, 3.05) is 11.5 Å². The van der Waals surface area contributed by atoms with E-state index in [0.717, 1.165) is 60.9 Å². The Kier molecular flexibility index (Phi) is 24.2. The van der Waals surface area contributed by atoms with E-state index in [1.807, 2.05) is 127 Å². The van der Waals surface area contributed by atoms with Gasteiger partial charge in [-0.2, -0.15) is 12.6 Å². The number of aldehydes is 1. The molecule has 18 heteroatoms. The number of aryl methyl sites for hydroxylation is 7. The van der Waals surface area contributed by atoms with E-state index in [0.29, 0.717) is 24.2 Å². The number of nitrogens with one attached hydrogen (secondary N) is 2. The van der Waals surface area contributed by atoms with Crippen molar-refractivity contribution >= 4 is 151 Å². The molecule has 5 aromatic rings. The second-order valence-electron chi connectivity index (χ2n) is 13.8. The van der Waals surface area contributed by atoms with Gasteiger partial charge in [0.15, 0.2) is 6.29 Å². The zero-order chi connectivity index (χ0) is 49.0. The molecule has 11 nitrogen and oxygen atoms in total. The van der Waals surface area contributed by atoms with Crippen LogP contribution in [0.2, 0.25) is 0 Å². The number of carboxylic acids is 3. The summed E-state index contributed by atoms with van der Waals surface area (Å²) in [6, 6.07) is 25.4. The van der Waals surface area contributed by atoms with Crippen molar-refractivity contribution in [1.82, 2.24) is 10.6 Å². The van der Waals surface area contributed by atoms with Crippen LogP contribution in [0, 0.1) is 48.5 Å². The van der Waals surface area contributed by atoms with Gasteiger partial charge in [0.2, 0.25) is 5.91 Å². The molecular formula is C47H48N2O9S7. The molecule has 2 fully saturated rings. The fraction of sp³-hybridized carbons (Fsp3) is 0.191. The van der Waals surface area contributed by atoms with Crippen LogP contribution in [0.5, 0.6) is 0 Å². The number of thiophene rings is 1. The molecule has 0 aliphatic carbocycles. The lowest BCUT2D eigenvalue weighted by molar-refractivity contribution is -0.134. The molecule has 7 rings (SSSR count). The van der Waals surface area contributed by atoms with E-state index in [1.165, 1.54) is 46.0 Å². The summed E-state index contributed by atoms with van der Waals surface area (Å²) in [5.41, 5.74) is 10.5. The maximum Gasteiger partial charge on any atom is 0.345 e. The molecule has 3 heterocycles. The van der Waals surface area contributed by atoms with Crippen LogP contribution in [0.3, 0.4) is 0 Å². The van der Waals surface area contributed by atoms with Crippen LogP contribution in [0.25, 0.3) is 22.2 Å². The van der Waals surface area contributed by atoms with Crippen LogP contribution >= 0.6 is 84.6 Å². The molecule has 0 atom stereocenters. The van der Waals surface area contributed by atoms with Gasteiger partial charge in [0.05, 0.1) is 21.3 Å². The Balaban J connectivity index is 0.000000277. The van der Waals surface area contributed by atoms with Crippen molar-refractivity contribution in [2.45, 2.75) is 48.5 Å². The van der Waals surface area contributed by atoms with Crippen molar-refractivity contribution in [3.63, 3.8) is 0 Å². The molecule has 0 radical (unpaired) electrons. The van der Waals surface area contributed by atoms with Crippen LogP contribution in [0.1, 0.15) is 70.1 Å². The minimum Gasteiger partial charge on any atom is -0.481 e. The second kappa shape index (κ2) is 28.1. The smallest absolute Gasteiger partial charge is 0.345 e. The highest BCUT2D eigenvalue weighted by Gasteiger charge is 2.22. The molecule has 342 valence electrons. The predicted molar refractivity (Wildman–Crippen MR) is 282 cm³/mol. The van der Waals surface area contributed by atoms with Crippen molar-refractivity contribution in [1.29, 1.82) is 0 Å². The highest BCUT2D eigenvalue weighted by Crippen LogP contribution is 2.29. The highest BCUT2D eigenvalue weighted by atomic mass is 32.2. The number of aromatic carboxylic acids is 1. The number of benzene rings is 4. The number of hydrogen-bond donors (Lipinski definition) is 7. The van der Waals surface area contributed by atoms with Crippen LogP contribution in [-0.2, 0) is 19.2 Å². The van der Waals surface area contributed by atoms with E-state index in [-0.39, 0.29) is 22.5 Å². The van der Waals surface area contributed by atoms with Crippen molar-refractivity contribution in [3.8, 4) is 0 Å². The molecule has 0 spiro atoms. The lowest BCUT2D eigenvalue weighted by Gasteiger charge is -2.04. The summed E-state index contributed by atoms with van der Waals surface area (Å²) in [5, 5.41) is 31.2. The Hall–Kier alpha value is -5.08. The first-order chi connectivity index (χ1) is 30.6. The third-order valence-corrected chi connectivity index (χ3v) is 12.9. The molecule has 4 aromatic carbocycles. The summed E-state index contributed by atoms with van der Waals surface area (Å²) in [6.07, 6.45) is 4.39. The number of thioether (sulfide) groups is 2. The predicted octanol–water partition coefficient (Wildman–Crippen LogP) is 10.6. The summed E-state index contributed by atoms with van der Waals surface area (Å²) in [6.45, 7) is 13.8. The number of carboxylic acid groups (broad SMARTS) is 3. The number of thiol groups is 2. The van der Waals surface area contributed by atoms with E-state index < -0.39 is 17.9 Å². The van der Waals surface area contributed by atoms with Gasteiger partial charge in [-0.15, -0.1) is 24.0 Å². The molecule has 5 N–H and O–H groups in total. The monoisotopic (exact) mass is 1010 g/mol. The molecule has 2 amide bonds. The number of amides is 2. The summed E-state index contributed by atoms with van der Waals surface area (Å²) in [5.74, 6) is -2.39. The quantitative estimate of drug-likeness (QED) is 0.0369. The van der Waals surface area contributed by atoms with Gasteiger partial charge in [0, 0.05) is 10.3 Å². The van der Waals surface area contributed by atoms with Gasteiger partial charge in [-0.05, 0) is 128 Å². The molecule has 0 unspecified atom stereocenters. The minimum absolute atomic E-state index is 0.0231. The number of thiocarbonyl (C=S) groups is 2. The molecule has 2 aliphatic heterocycles. The fourth-order valence-corrected chi connectivity index (χ4v) is 8.45. The topological polar surface area (TPSA) is 187 Å². The van der Waals surface area contributed by atoms with Gasteiger partial charge in [-0.1, -0.05) is 115 Å². The van der Waals surface area contributed by atoms with Gasteiger partial charge in [-0.25, -0.2) is 9.59 Å². The number of fused-ring (bicyclic) bond motifs is 1. The van der Waals surface area contributed by atoms with E-state index >= 15 is 0 Å². The number of aliphatic carboxylic acids is 2. The summed E-state index contributed by atoms with van der Waals surface area (Å²) in [4.78, 5) is 63.9. The van der Waals surface area contributed by atoms with E-state index in [9.17, 15) is 28.8 Å². The zero-order valence-electron chi connectivity index (χ0n) is 36.4. The van der Waals surface area contributed by atoms with Crippen molar-refractivity contribution < 1.29 is 44.1 Å². The highest BCUT2D eigenvalue weighted by molar-refractivity contribution is 8.27. The van der Waals surface area contributed by atoms with Crippen LogP contribution in [0.15, 0.2) is 88.7 Å². The Labute approximate surface area is 412 Å². The molecular weight excluding hydrogens is 961 g/mol. The van der Waals surface area contributed by atoms with Crippen LogP contribution < -0.4 is 10.6 Å². The standard InChI is InChI=1S/C12H11NOS2.C11H12O2S.C10H8O2S.C9H10O.C3H3NOS2.C2H4O2S/c1-7-4-3-5-8(2)9(7)6-10-11(14)13-12(15)16-10;1-7-4-3-5-8(2)9(7)6-10(14)11(12)13;1-6-3-2-4-8-7(6)5-9(13-8)10(11)12;1-7-4-3-5-8(2)9(7)6-10;5-2-1-7-3(6)4-2;3-2(4)1-5/h3-6H,1-2H3,(H,13,14,15);3-6,14H,1-2H3,(H,12,13);2-5H,1H3,(H,11,12);3-6H,1-2H3;1H2,(H,4,5,6);5H,1H2,(H,3,4)/b2*10-6-;;;;. The van der Waals surface area contributed by atoms with Gasteiger partial charge in [0.25, 0.3) is 5.91 Å². The largest absolute Gasteiger partial charge is 0.481 e. The molecule has 0 saturated carbocycles. The molecule has 65 heavy (non-hydrogen) atoms. The Morgan fingerprint density at radius 2 is 1.17 bits per heavy atom. The maximum absolute atomic E-state index is 11.5. The Bertz CT molecular complexity index is 2580. The molecule has 2 aliphatic rings. The average Bonchev–Trinajstić information content (AvgIpc) is 3.96. The number of carbonyl (C=O) groups excluding carboxylic acids is 3. The normalized spacial score (nSPS) is 13.2. The Morgan fingerprint density at radius 1 is 0.708 bits per heavy atom. The van der Waals surface area contributed by atoms with E-state index in [4.69, 9.17) is 27.5 Å². The van der Waals surface area contributed by atoms with Gasteiger partial charge >= 0.3 is 17.9 Å². The summed E-state index contributed by atoms with van der Waals surface area (Å²) < 4.78 is 2.17.